The van der Waals surface area contributed by atoms with Crippen LogP contribution in [0.25, 0.3) is 44.1 Å². The average molecular weight is 379 g/mol. The number of fused-ring (bicyclic) bond motifs is 4. The van der Waals surface area contributed by atoms with Crippen molar-refractivity contribution in [3.05, 3.63) is 47.2 Å². The lowest BCUT2D eigenvalue weighted by Crippen LogP contribution is -1.93. The molecule has 0 saturated heterocycles. The summed E-state index contributed by atoms with van der Waals surface area (Å²) in [6.07, 6.45) is 1.69. The number of aromatic amines is 2. The van der Waals surface area contributed by atoms with Crippen molar-refractivity contribution >= 4 is 54.6 Å². The molecule has 6 nitrogen and oxygen atoms in total. The number of nitrogen functional groups attached to an aromatic ring is 1. The van der Waals surface area contributed by atoms with Crippen molar-refractivity contribution in [1.29, 1.82) is 0 Å². The first kappa shape index (κ1) is 13.5. The van der Waals surface area contributed by atoms with Crippen molar-refractivity contribution in [2.75, 3.05) is 5.73 Å². The number of H-pyrrole nitrogens is 2. The van der Waals surface area contributed by atoms with E-state index in [1.54, 1.807) is 6.33 Å². The van der Waals surface area contributed by atoms with E-state index in [2.05, 4.69) is 41.1 Å². The zero-order valence-corrected chi connectivity index (χ0v) is 13.9. The SMILES string of the molecule is Nc1nc2ccc(Br)cc2c2c(-c3ccc4nc[nH]c4c3)n[nH]c12. The Morgan fingerprint density at radius 2 is 1.92 bits per heavy atom. The van der Waals surface area contributed by atoms with Crippen LogP contribution in [0.3, 0.4) is 0 Å². The summed E-state index contributed by atoms with van der Waals surface area (Å²) in [5, 5.41) is 9.50. The third-order valence-corrected chi connectivity index (χ3v) is 4.68. The highest BCUT2D eigenvalue weighted by Gasteiger charge is 2.16. The van der Waals surface area contributed by atoms with Crippen LogP contribution in [0.5, 0.6) is 0 Å². The van der Waals surface area contributed by atoms with Gasteiger partial charge in [0.05, 0.1) is 22.9 Å². The molecule has 0 aliphatic rings. The van der Waals surface area contributed by atoms with E-state index in [9.17, 15) is 0 Å². The predicted octanol–water partition coefficient (Wildman–Crippen LogP) is 4.00. The van der Waals surface area contributed by atoms with E-state index in [-0.39, 0.29) is 0 Å². The highest BCUT2D eigenvalue weighted by atomic mass is 79.9. The van der Waals surface area contributed by atoms with Gasteiger partial charge in [0, 0.05) is 20.8 Å². The molecule has 0 aliphatic carbocycles. The van der Waals surface area contributed by atoms with Crippen molar-refractivity contribution in [2.24, 2.45) is 0 Å². The maximum Gasteiger partial charge on any atom is 0.150 e. The first-order valence-corrected chi connectivity index (χ1v) is 8.16. The molecule has 0 fully saturated rings. The molecule has 0 aliphatic heterocycles. The van der Waals surface area contributed by atoms with Crippen LogP contribution in [0.1, 0.15) is 0 Å². The van der Waals surface area contributed by atoms with Crippen molar-refractivity contribution in [3.63, 3.8) is 0 Å². The number of halogens is 1. The molecule has 0 saturated carbocycles. The van der Waals surface area contributed by atoms with Crippen molar-refractivity contribution in [2.45, 2.75) is 0 Å². The van der Waals surface area contributed by atoms with Gasteiger partial charge in [0.25, 0.3) is 0 Å². The summed E-state index contributed by atoms with van der Waals surface area (Å²) in [6, 6.07) is 12.0. The van der Waals surface area contributed by atoms with E-state index < -0.39 is 0 Å². The Bertz CT molecular complexity index is 1240. The molecule has 5 rings (SSSR count). The van der Waals surface area contributed by atoms with Crippen LogP contribution in [0, 0.1) is 0 Å². The average Bonchev–Trinajstić information content (AvgIpc) is 3.21. The minimum absolute atomic E-state index is 0.446. The molecule has 24 heavy (non-hydrogen) atoms. The van der Waals surface area contributed by atoms with E-state index in [1.165, 1.54) is 0 Å². The van der Waals surface area contributed by atoms with Crippen molar-refractivity contribution < 1.29 is 0 Å². The summed E-state index contributed by atoms with van der Waals surface area (Å²) < 4.78 is 0.985. The normalized spacial score (nSPS) is 11.7. The van der Waals surface area contributed by atoms with Crippen LogP contribution in [-0.4, -0.2) is 25.1 Å². The number of nitrogens with one attached hydrogen (secondary N) is 2. The summed E-state index contributed by atoms with van der Waals surface area (Å²) in [6.45, 7) is 0. The smallest absolute Gasteiger partial charge is 0.150 e. The summed E-state index contributed by atoms with van der Waals surface area (Å²) in [5.41, 5.74) is 11.4. The molecule has 0 unspecified atom stereocenters. The molecular weight excluding hydrogens is 368 g/mol. The van der Waals surface area contributed by atoms with Crippen LogP contribution >= 0.6 is 15.9 Å². The van der Waals surface area contributed by atoms with Gasteiger partial charge in [0.2, 0.25) is 0 Å². The number of nitrogens with zero attached hydrogens (tertiary/aromatic N) is 3. The fraction of sp³-hybridized carbons (Fsp3) is 0. The number of rotatable bonds is 1. The van der Waals surface area contributed by atoms with E-state index >= 15 is 0 Å². The summed E-state index contributed by atoms with van der Waals surface area (Å²) >= 11 is 3.53. The maximum absolute atomic E-state index is 6.12. The van der Waals surface area contributed by atoms with Crippen LogP contribution in [0.15, 0.2) is 47.2 Å². The third-order valence-electron chi connectivity index (χ3n) is 4.18. The number of hydrogen-bond donors (Lipinski definition) is 3. The summed E-state index contributed by atoms with van der Waals surface area (Å²) in [5.74, 6) is 0.446. The lowest BCUT2D eigenvalue weighted by molar-refractivity contribution is 1.12. The number of aromatic nitrogens is 5. The predicted molar refractivity (Wildman–Crippen MR) is 98.6 cm³/mol. The Kier molecular flexibility index (Phi) is 2.69. The second-order valence-electron chi connectivity index (χ2n) is 5.62. The molecule has 2 aromatic carbocycles. The van der Waals surface area contributed by atoms with Gasteiger partial charge in [-0.2, -0.15) is 5.10 Å². The Morgan fingerprint density at radius 3 is 2.83 bits per heavy atom. The van der Waals surface area contributed by atoms with Gasteiger partial charge >= 0.3 is 0 Å². The Hall–Kier alpha value is -2.93. The summed E-state index contributed by atoms with van der Waals surface area (Å²) in [7, 11) is 0. The quantitative estimate of drug-likeness (QED) is 0.410. The minimum atomic E-state index is 0.446. The zero-order valence-electron chi connectivity index (χ0n) is 12.3. The van der Waals surface area contributed by atoms with E-state index in [1.807, 2.05) is 36.4 Å². The first-order valence-electron chi connectivity index (χ1n) is 7.37. The second-order valence-corrected chi connectivity index (χ2v) is 6.53. The topological polar surface area (TPSA) is 96.3 Å². The van der Waals surface area contributed by atoms with Gasteiger partial charge in [-0.05, 0) is 30.3 Å². The molecule has 0 radical (unpaired) electrons. The van der Waals surface area contributed by atoms with E-state index in [0.717, 1.165) is 48.6 Å². The summed E-state index contributed by atoms with van der Waals surface area (Å²) in [4.78, 5) is 11.9. The van der Waals surface area contributed by atoms with Gasteiger partial charge in [-0.3, -0.25) is 5.10 Å². The molecule has 7 heteroatoms. The van der Waals surface area contributed by atoms with E-state index in [0.29, 0.717) is 5.82 Å². The highest BCUT2D eigenvalue weighted by Crippen LogP contribution is 2.35. The van der Waals surface area contributed by atoms with Crippen LogP contribution in [0.2, 0.25) is 0 Å². The fourth-order valence-corrected chi connectivity index (χ4v) is 3.43. The van der Waals surface area contributed by atoms with Gasteiger partial charge in [0.15, 0.2) is 0 Å². The van der Waals surface area contributed by atoms with Crippen molar-refractivity contribution in [3.8, 4) is 11.3 Å². The molecular formula is C17H11BrN6. The van der Waals surface area contributed by atoms with Crippen LogP contribution < -0.4 is 5.73 Å². The Balaban J connectivity index is 1.91. The first-order chi connectivity index (χ1) is 11.7. The number of anilines is 1. The van der Waals surface area contributed by atoms with E-state index in [4.69, 9.17) is 5.73 Å². The second kappa shape index (κ2) is 4.78. The zero-order chi connectivity index (χ0) is 16.3. The van der Waals surface area contributed by atoms with Gasteiger partial charge in [0.1, 0.15) is 17.0 Å². The number of imidazole rings is 1. The fourth-order valence-electron chi connectivity index (χ4n) is 3.07. The maximum atomic E-state index is 6.12. The molecule has 3 aromatic heterocycles. The monoisotopic (exact) mass is 378 g/mol. The van der Waals surface area contributed by atoms with Crippen LogP contribution in [0.4, 0.5) is 5.82 Å². The highest BCUT2D eigenvalue weighted by molar-refractivity contribution is 9.10. The molecule has 0 atom stereocenters. The Labute approximate surface area is 144 Å². The molecule has 0 bridgehead atoms. The van der Waals surface area contributed by atoms with Gasteiger partial charge in [-0.1, -0.05) is 22.0 Å². The van der Waals surface area contributed by atoms with Gasteiger partial charge in [-0.15, -0.1) is 0 Å². The molecule has 5 aromatic rings. The minimum Gasteiger partial charge on any atom is -0.382 e. The molecule has 0 amide bonds. The number of nitrogens with two attached hydrogens (primary N) is 1. The number of benzene rings is 2. The Morgan fingerprint density at radius 1 is 1.04 bits per heavy atom. The molecule has 116 valence electrons. The third kappa shape index (κ3) is 1.85. The van der Waals surface area contributed by atoms with Gasteiger partial charge in [-0.25, -0.2) is 9.97 Å². The van der Waals surface area contributed by atoms with Crippen LogP contribution in [-0.2, 0) is 0 Å². The largest absolute Gasteiger partial charge is 0.382 e. The lowest BCUT2D eigenvalue weighted by atomic mass is 10.0. The number of hydrogen-bond acceptors (Lipinski definition) is 4. The molecule has 3 heterocycles. The standard InChI is InChI=1S/C17H11BrN6/c18-9-2-4-11-10(6-9)14-15(23-24-16(14)17(19)22-11)8-1-3-12-13(5-8)21-7-20-12/h1-7H,(H2,19,22)(H,20,21)(H,23,24). The molecule has 0 spiro atoms. The molecule has 4 N–H and O–H groups in total. The number of pyridine rings is 1. The van der Waals surface area contributed by atoms with Gasteiger partial charge < -0.3 is 10.7 Å². The lowest BCUT2D eigenvalue weighted by Gasteiger charge is -2.05. The van der Waals surface area contributed by atoms with Crippen molar-refractivity contribution in [1.82, 2.24) is 25.1 Å².